The molecule has 11 heterocycles. The Morgan fingerprint density at radius 2 is 0.874 bits per heavy atom. The van der Waals surface area contributed by atoms with E-state index in [0.29, 0.717) is 68.8 Å². The minimum Gasteiger partial charge on any atom is -0.469 e. The molecular weight excluding hydrogens is 1650 g/mol. The second-order valence-electron chi connectivity index (χ2n) is 39.4. The Morgan fingerprint density at radius 1 is 0.394 bits per heavy atom. The molecule has 25 atom stereocenters. The number of cyclic esters (lactones) is 2. The van der Waals surface area contributed by atoms with Crippen LogP contribution in [0.5, 0.6) is 0 Å². The van der Waals surface area contributed by atoms with Crippen molar-refractivity contribution in [3.8, 4) is 0 Å². The van der Waals surface area contributed by atoms with Gasteiger partial charge < -0.3 is 80.5 Å². The van der Waals surface area contributed by atoms with Crippen LogP contribution >= 0.6 is 0 Å². The van der Waals surface area contributed by atoms with Crippen LogP contribution in [0.15, 0.2) is 0 Å². The lowest BCUT2D eigenvalue weighted by Gasteiger charge is -2.48. The van der Waals surface area contributed by atoms with Gasteiger partial charge in [-0.1, -0.05) is 113 Å². The van der Waals surface area contributed by atoms with Gasteiger partial charge >= 0.3 is 77.6 Å². The SMILES string of the molecule is C.C.C.C.C.C.CC.CCC(C)(C)C(=O)OC.CCC(C)(C)C(=O)OC.CCC(C)(C)C(=O)OC1C(=O)OC2C3OC(C)(C)OC3OC12.CCC(C)(C)C(=O)OC1C2CC3C(=O)OC1C3O2.CCC(C)(C)C(=O)OC1C2CC3C1OC(=O)C3C2C(=O)OC.CCC(C)(C)C(=O)OC1CC2CCC1(C)OC2=O.O=C1OCC2C3CCC(C3)C12.O=C1OCC2CCCCC12. The summed E-state index contributed by atoms with van der Waals surface area (Å²) in [6.45, 7) is 44.6. The van der Waals surface area contributed by atoms with Crippen LogP contribution in [0.25, 0.3) is 0 Å². The van der Waals surface area contributed by atoms with Crippen molar-refractivity contribution in [1.82, 2.24) is 0 Å². The summed E-state index contributed by atoms with van der Waals surface area (Å²) in [7, 11) is 4.15. The standard InChI is InChI=1S/C16H22O6.C15H22O7.C14H22O4.C13H18O5.C9H12O2.C8H12O2.2C7H14O2.C2H6.6CH4/c1-5-16(2,3)15(19)22-12-7-6-8-10(9(7)13(17)20-4)14(18)21-11(8)12;1-6-14(2,3)13(17)20-9-7-8(18-11(9)16)10-12(19-7)22-15(4,5)21-10;1-5-13(2,3)12(16)17-10-8-9-6-7-14(10,4)18-11(9)15;1-4-13(2,3)12(15)18-9-7-5-6-8(16-7)10(9)17-11(6)14;10-9-8-6-2-1-5(3-6)7(8)4-11-9;9-8-7-4-2-1-3-6(7)5-10-8;2*1-5-7(2,3)6(8)9-4;1-2;;;;;;/h7-12H,5-6H2,1-4H3;7-10,12H,6H2,1-5H3;9-10H,5-8H2,1-4H3;6-10H,4-5H2,1-3H3;5-8H,1-4H2;6-7H,1-5H2;2*5H2,1-4H3;1-2H3;6*1H4. The molecule has 17 rings (SSSR count). The van der Waals surface area contributed by atoms with Crippen molar-refractivity contribution < 1.29 is 143 Å². The molecule has 11 saturated heterocycles. The van der Waals surface area contributed by atoms with E-state index in [-0.39, 0.29) is 163 Å². The highest BCUT2D eigenvalue weighted by molar-refractivity contribution is 5.87. The van der Waals surface area contributed by atoms with Gasteiger partial charge in [-0.25, -0.2) is 4.79 Å². The quantitative estimate of drug-likeness (QED) is 0.0964. The van der Waals surface area contributed by atoms with E-state index in [1.165, 1.54) is 59.9 Å². The number of fused-ring (bicyclic) bond motifs is 14. The van der Waals surface area contributed by atoms with Gasteiger partial charge in [0.05, 0.1) is 109 Å². The Balaban J connectivity index is 0.000000497. The predicted octanol–water partition coefficient (Wildman–Crippen LogP) is 16.5. The molecule has 0 aromatic rings. The molecule has 6 aliphatic carbocycles. The molecule has 734 valence electrons. The summed E-state index contributed by atoms with van der Waals surface area (Å²) in [4.78, 5) is 152. The summed E-state index contributed by atoms with van der Waals surface area (Å²) in [6, 6.07) is 0. The summed E-state index contributed by atoms with van der Waals surface area (Å²) in [5.74, 6) is -1.94. The molecule has 6 saturated carbocycles. The lowest BCUT2D eigenvalue weighted by Crippen LogP contribution is -2.57. The number of ether oxygens (including phenoxy) is 17. The third kappa shape index (κ3) is 25.2. The van der Waals surface area contributed by atoms with Gasteiger partial charge in [0, 0.05) is 30.1 Å². The minimum atomic E-state index is -1.07. The Labute approximate surface area is 759 Å². The van der Waals surface area contributed by atoms with E-state index in [4.69, 9.17) is 71.1 Å². The lowest BCUT2D eigenvalue weighted by atomic mass is 9.74. The molecule has 0 amide bonds. The highest BCUT2D eigenvalue weighted by Gasteiger charge is 2.71. The largest absolute Gasteiger partial charge is 0.469 e. The minimum absolute atomic E-state index is 0. The van der Waals surface area contributed by atoms with E-state index in [0.717, 1.165) is 51.0 Å². The highest BCUT2D eigenvalue weighted by atomic mass is 16.9. The van der Waals surface area contributed by atoms with Crippen molar-refractivity contribution >= 4 is 77.6 Å². The van der Waals surface area contributed by atoms with Crippen LogP contribution in [-0.2, 0) is 143 Å². The van der Waals surface area contributed by atoms with Crippen molar-refractivity contribution in [2.24, 2.45) is 104 Å². The Bertz CT molecular complexity index is 3660. The molecular formula is C97H166O30. The first-order valence-electron chi connectivity index (χ1n) is 44.4. The van der Waals surface area contributed by atoms with E-state index in [2.05, 4.69) is 9.47 Å². The van der Waals surface area contributed by atoms with E-state index in [1.807, 2.05) is 132 Å². The van der Waals surface area contributed by atoms with Gasteiger partial charge in [-0.15, -0.1) is 0 Å². The molecule has 0 aromatic carbocycles. The molecule has 127 heavy (non-hydrogen) atoms. The Kier molecular flexibility index (Phi) is 42.3. The average molecular weight is 1810 g/mol. The van der Waals surface area contributed by atoms with Crippen molar-refractivity contribution in [2.45, 2.75) is 404 Å². The van der Waals surface area contributed by atoms with Gasteiger partial charge in [-0.3, -0.25) is 57.5 Å². The predicted molar refractivity (Wildman–Crippen MR) is 472 cm³/mol. The summed E-state index contributed by atoms with van der Waals surface area (Å²) in [5, 5.41) is 0. The number of esters is 13. The first kappa shape index (κ1) is 116. The van der Waals surface area contributed by atoms with E-state index in [1.54, 1.807) is 27.7 Å². The summed E-state index contributed by atoms with van der Waals surface area (Å²) < 4.78 is 90.3. The first-order valence-corrected chi connectivity index (χ1v) is 44.4. The van der Waals surface area contributed by atoms with Crippen molar-refractivity contribution in [3.05, 3.63) is 0 Å². The molecule has 11 aliphatic heterocycles. The van der Waals surface area contributed by atoms with Gasteiger partial charge in [0.2, 0.25) is 6.10 Å². The third-order valence-electron chi connectivity index (χ3n) is 28.8. The zero-order valence-corrected chi connectivity index (χ0v) is 76.7. The molecule has 17 aliphatic rings. The van der Waals surface area contributed by atoms with Crippen LogP contribution in [0, 0.1) is 104 Å². The Morgan fingerprint density at radius 3 is 1.36 bits per heavy atom. The van der Waals surface area contributed by atoms with Crippen LogP contribution < -0.4 is 0 Å². The fourth-order valence-corrected chi connectivity index (χ4v) is 18.2. The summed E-state index contributed by atoms with van der Waals surface area (Å²) in [6.07, 6.45) is 10.7. The smallest absolute Gasteiger partial charge is 0.350 e. The lowest BCUT2D eigenvalue weighted by molar-refractivity contribution is -0.221. The second kappa shape index (κ2) is 46.4. The number of hydrogen-bond donors (Lipinski definition) is 0. The van der Waals surface area contributed by atoms with Crippen molar-refractivity contribution in [3.63, 3.8) is 0 Å². The topological polar surface area (TPSA) is 379 Å². The summed E-state index contributed by atoms with van der Waals surface area (Å²) in [5.41, 5.74) is -3.48. The van der Waals surface area contributed by atoms with E-state index in [9.17, 15) is 62.3 Å². The first-order chi connectivity index (χ1) is 56.5. The van der Waals surface area contributed by atoms with Gasteiger partial charge in [-0.2, -0.15) is 0 Å². The third-order valence-corrected chi connectivity index (χ3v) is 28.8. The molecule has 0 radical (unpaired) electrons. The fraction of sp³-hybridized carbons (Fsp3) is 0.866. The zero-order valence-electron chi connectivity index (χ0n) is 76.7. The number of carbonyl (C=O) groups excluding carboxylic acids is 13. The molecule has 0 N–H and O–H groups in total. The molecule has 30 heteroatoms. The number of carbonyl (C=O) groups is 13. The molecule has 30 nitrogen and oxygen atoms in total. The van der Waals surface area contributed by atoms with Crippen LogP contribution in [-0.4, -0.2) is 197 Å². The second-order valence-corrected chi connectivity index (χ2v) is 39.4. The van der Waals surface area contributed by atoms with Gasteiger partial charge in [0.25, 0.3) is 0 Å². The Hall–Kier alpha value is -7.05. The van der Waals surface area contributed by atoms with Crippen molar-refractivity contribution in [2.75, 3.05) is 34.5 Å². The van der Waals surface area contributed by atoms with Crippen LogP contribution in [0.4, 0.5) is 0 Å². The number of hydrogen-bond acceptors (Lipinski definition) is 30. The van der Waals surface area contributed by atoms with E-state index >= 15 is 0 Å². The number of methoxy groups -OCH3 is 3. The monoisotopic (exact) mass is 1810 g/mol. The van der Waals surface area contributed by atoms with E-state index < -0.39 is 118 Å². The average Bonchev–Trinajstić information content (AvgIpc) is 1.27. The van der Waals surface area contributed by atoms with Gasteiger partial charge in [0.15, 0.2) is 36.5 Å². The van der Waals surface area contributed by atoms with Gasteiger partial charge in [0.1, 0.15) is 36.1 Å². The number of rotatable bonds is 17. The highest BCUT2D eigenvalue weighted by Crippen LogP contribution is 2.60. The summed E-state index contributed by atoms with van der Waals surface area (Å²) >= 11 is 0. The normalized spacial score (nSPS) is 33.6. The molecule has 8 bridgehead atoms. The van der Waals surface area contributed by atoms with Crippen LogP contribution in [0.1, 0.15) is 319 Å². The fourth-order valence-electron chi connectivity index (χ4n) is 18.2. The van der Waals surface area contributed by atoms with Crippen LogP contribution in [0.2, 0.25) is 0 Å². The molecule has 25 unspecified atom stereocenters. The zero-order chi connectivity index (χ0) is 90.5. The van der Waals surface area contributed by atoms with Crippen molar-refractivity contribution in [1.29, 1.82) is 0 Å². The van der Waals surface area contributed by atoms with Gasteiger partial charge in [-0.05, 0) is 212 Å². The maximum Gasteiger partial charge on any atom is 0.350 e. The molecule has 0 spiro atoms. The van der Waals surface area contributed by atoms with Crippen LogP contribution in [0.3, 0.4) is 0 Å². The maximum absolute atomic E-state index is 12.4. The molecule has 0 aromatic heterocycles. The molecule has 17 fully saturated rings. The maximum atomic E-state index is 12.4.